The van der Waals surface area contributed by atoms with Gasteiger partial charge in [0.2, 0.25) is 0 Å². The fourth-order valence-electron chi connectivity index (χ4n) is 2.49. The first-order valence-electron chi connectivity index (χ1n) is 5.96. The van der Waals surface area contributed by atoms with Gasteiger partial charge in [0.05, 0.1) is 11.2 Å². The lowest BCUT2D eigenvalue weighted by molar-refractivity contribution is 0.590. The molecule has 1 saturated heterocycles. The number of hydrogen-bond acceptors (Lipinski definition) is 2. The molecule has 1 N–H and O–H groups in total. The average Bonchev–Trinajstić information content (AvgIpc) is 2.68. The van der Waals surface area contributed by atoms with Crippen molar-refractivity contribution in [1.82, 2.24) is 9.88 Å². The lowest BCUT2D eigenvalue weighted by Gasteiger charge is -2.28. The Bertz CT molecular complexity index is 541. The van der Waals surface area contributed by atoms with Crippen LogP contribution in [0.2, 0.25) is 5.02 Å². The Hall–Kier alpha value is -1.19. The predicted molar refractivity (Wildman–Crippen MR) is 73.0 cm³/mol. The molecular weight excluding hydrogens is 234 g/mol. The van der Waals surface area contributed by atoms with Crippen molar-refractivity contribution in [2.45, 2.75) is 0 Å². The monoisotopic (exact) mass is 249 g/mol. The number of rotatable bonds is 1. The van der Waals surface area contributed by atoms with Gasteiger partial charge in [-0.05, 0) is 18.2 Å². The zero-order valence-electron chi connectivity index (χ0n) is 9.91. The summed E-state index contributed by atoms with van der Waals surface area (Å²) in [6, 6.07) is 6.12. The lowest BCUT2D eigenvalue weighted by Crippen LogP contribution is -2.43. The van der Waals surface area contributed by atoms with E-state index >= 15 is 0 Å². The number of nitrogens with one attached hydrogen (secondary N) is 1. The smallest absolute Gasteiger partial charge is 0.0626 e. The van der Waals surface area contributed by atoms with Gasteiger partial charge < -0.3 is 14.8 Å². The highest BCUT2D eigenvalue weighted by atomic mass is 35.5. The molecule has 90 valence electrons. The van der Waals surface area contributed by atoms with Gasteiger partial charge in [-0.1, -0.05) is 11.6 Å². The highest BCUT2D eigenvalue weighted by Gasteiger charge is 2.15. The van der Waals surface area contributed by atoms with Crippen molar-refractivity contribution in [3.05, 3.63) is 29.4 Å². The molecule has 1 aliphatic rings. The molecule has 2 aromatic rings. The summed E-state index contributed by atoms with van der Waals surface area (Å²) in [4.78, 5) is 2.44. The van der Waals surface area contributed by atoms with Crippen LogP contribution < -0.4 is 10.2 Å². The minimum atomic E-state index is 0.797. The molecule has 0 radical (unpaired) electrons. The maximum atomic E-state index is 6.05. The number of benzene rings is 1. The molecule has 0 unspecified atom stereocenters. The van der Waals surface area contributed by atoms with E-state index in [9.17, 15) is 0 Å². The van der Waals surface area contributed by atoms with E-state index in [0.717, 1.165) is 31.2 Å². The summed E-state index contributed by atoms with van der Waals surface area (Å²) in [5.41, 5.74) is 2.52. The van der Waals surface area contributed by atoms with Crippen LogP contribution in [-0.4, -0.2) is 30.7 Å². The molecule has 0 atom stereocenters. The van der Waals surface area contributed by atoms with Crippen LogP contribution in [0.3, 0.4) is 0 Å². The fourth-order valence-corrected chi connectivity index (χ4v) is 2.66. The van der Waals surface area contributed by atoms with E-state index in [0.29, 0.717) is 0 Å². The molecule has 0 amide bonds. The number of aromatic nitrogens is 1. The summed E-state index contributed by atoms with van der Waals surface area (Å²) in [6.45, 7) is 4.26. The Balaban J connectivity index is 2.10. The normalized spacial score (nSPS) is 16.7. The van der Waals surface area contributed by atoms with Crippen LogP contribution in [-0.2, 0) is 7.05 Å². The van der Waals surface area contributed by atoms with E-state index in [1.807, 2.05) is 12.1 Å². The number of nitrogens with zero attached hydrogens (tertiary/aromatic N) is 2. The highest BCUT2D eigenvalue weighted by Crippen LogP contribution is 2.30. The third kappa shape index (κ3) is 1.90. The Morgan fingerprint density at radius 3 is 2.76 bits per heavy atom. The van der Waals surface area contributed by atoms with Crippen molar-refractivity contribution >= 4 is 28.2 Å². The van der Waals surface area contributed by atoms with Gasteiger partial charge in [-0.2, -0.15) is 0 Å². The van der Waals surface area contributed by atoms with Gasteiger partial charge in [0.15, 0.2) is 0 Å². The largest absolute Gasteiger partial charge is 0.367 e. The second kappa shape index (κ2) is 4.24. The summed E-state index contributed by atoms with van der Waals surface area (Å²) in [5, 5.41) is 5.47. The molecule has 17 heavy (non-hydrogen) atoms. The predicted octanol–water partition coefficient (Wildman–Crippen LogP) is 2.24. The van der Waals surface area contributed by atoms with Crippen LogP contribution in [0, 0.1) is 0 Å². The molecule has 1 aromatic carbocycles. The molecule has 1 aromatic heterocycles. The van der Waals surface area contributed by atoms with Crippen LogP contribution in [0.5, 0.6) is 0 Å². The summed E-state index contributed by atoms with van der Waals surface area (Å²) in [7, 11) is 2.07. The third-order valence-electron chi connectivity index (χ3n) is 3.39. The highest BCUT2D eigenvalue weighted by molar-refractivity contribution is 6.31. The van der Waals surface area contributed by atoms with E-state index in [2.05, 4.69) is 34.1 Å². The van der Waals surface area contributed by atoms with Gasteiger partial charge in [-0.3, -0.25) is 0 Å². The first-order valence-corrected chi connectivity index (χ1v) is 6.34. The van der Waals surface area contributed by atoms with Crippen LogP contribution in [0.25, 0.3) is 10.9 Å². The zero-order chi connectivity index (χ0) is 11.8. The lowest BCUT2D eigenvalue weighted by atomic mass is 10.2. The first kappa shape index (κ1) is 10.9. The van der Waals surface area contributed by atoms with Crippen LogP contribution in [0.4, 0.5) is 5.69 Å². The Morgan fingerprint density at radius 1 is 1.24 bits per heavy atom. The number of anilines is 1. The van der Waals surface area contributed by atoms with E-state index in [-0.39, 0.29) is 0 Å². The molecule has 0 saturated carbocycles. The van der Waals surface area contributed by atoms with Gasteiger partial charge in [0.25, 0.3) is 0 Å². The van der Waals surface area contributed by atoms with Gasteiger partial charge in [0, 0.05) is 49.8 Å². The summed E-state index contributed by atoms with van der Waals surface area (Å²) >= 11 is 6.05. The average molecular weight is 250 g/mol. The van der Waals surface area contributed by atoms with Crippen molar-refractivity contribution in [1.29, 1.82) is 0 Å². The Kier molecular flexibility index (Phi) is 2.73. The van der Waals surface area contributed by atoms with Crippen molar-refractivity contribution in [2.24, 2.45) is 7.05 Å². The Morgan fingerprint density at radius 2 is 2.00 bits per heavy atom. The fraction of sp³-hybridized carbons (Fsp3) is 0.385. The maximum absolute atomic E-state index is 6.05. The van der Waals surface area contributed by atoms with Gasteiger partial charge in [-0.25, -0.2) is 0 Å². The van der Waals surface area contributed by atoms with Gasteiger partial charge >= 0.3 is 0 Å². The van der Waals surface area contributed by atoms with Gasteiger partial charge in [0.1, 0.15) is 0 Å². The summed E-state index contributed by atoms with van der Waals surface area (Å²) in [6.07, 6.45) is 2.20. The quantitative estimate of drug-likeness (QED) is 0.837. The number of fused-ring (bicyclic) bond motifs is 1. The van der Waals surface area contributed by atoms with Crippen molar-refractivity contribution in [2.75, 3.05) is 31.1 Å². The van der Waals surface area contributed by atoms with E-state index < -0.39 is 0 Å². The van der Waals surface area contributed by atoms with Crippen molar-refractivity contribution in [3.63, 3.8) is 0 Å². The summed E-state index contributed by atoms with van der Waals surface area (Å²) < 4.78 is 2.15. The summed E-state index contributed by atoms with van der Waals surface area (Å²) in [5.74, 6) is 0. The van der Waals surface area contributed by atoms with Crippen LogP contribution in [0.1, 0.15) is 0 Å². The molecule has 0 bridgehead atoms. The number of piperazine rings is 1. The third-order valence-corrected chi connectivity index (χ3v) is 3.62. The standard InChI is InChI=1S/C13H16ClN3/c1-16-9-13(17-6-4-15-5-7-17)11-3-2-10(14)8-12(11)16/h2-3,8-9,15H,4-7H2,1H3. The second-order valence-electron chi connectivity index (χ2n) is 4.52. The molecule has 4 heteroatoms. The molecule has 0 aliphatic carbocycles. The van der Waals surface area contributed by atoms with Crippen LogP contribution >= 0.6 is 11.6 Å². The maximum Gasteiger partial charge on any atom is 0.0626 e. The van der Waals surface area contributed by atoms with E-state index in [1.165, 1.54) is 16.6 Å². The number of aryl methyl sites for hydroxylation is 1. The number of hydrogen-bond donors (Lipinski definition) is 1. The zero-order valence-corrected chi connectivity index (χ0v) is 10.7. The van der Waals surface area contributed by atoms with E-state index in [1.54, 1.807) is 0 Å². The van der Waals surface area contributed by atoms with Crippen molar-refractivity contribution in [3.8, 4) is 0 Å². The first-order chi connectivity index (χ1) is 8.25. The second-order valence-corrected chi connectivity index (χ2v) is 4.96. The SMILES string of the molecule is Cn1cc(N2CCNCC2)c2ccc(Cl)cc21. The molecule has 0 spiro atoms. The minimum Gasteiger partial charge on any atom is -0.367 e. The minimum absolute atomic E-state index is 0.797. The molecule has 1 aliphatic heterocycles. The van der Waals surface area contributed by atoms with Crippen molar-refractivity contribution < 1.29 is 0 Å². The molecule has 3 rings (SSSR count). The molecule has 2 heterocycles. The van der Waals surface area contributed by atoms with E-state index in [4.69, 9.17) is 11.6 Å². The van der Waals surface area contributed by atoms with Crippen LogP contribution in [0.15, 0.2) is 24.4 Å². The molecule has 3 nitrogen and oxygen atoms in total. The molecular formula is C13H16ClN3. The number of halogens is 1. The topological polar surface area (TPSA) is 20.2 Å². The Labute approximate surface area is 106 Å². The van der Waals surface area contributed by atoms with Gasteiger partial charge in [-0.15, -0.1) is 0 Å². The molecule has 1 fully saturated rings.